The van der Waals surface area contributed by atoms with Crippen molar-refractivity contribution < 1.29 is 0 Å². The summed E-state index contributed by atoms with van der Waals surface area (Å²) in [5, 5.41) is 1.08. The lowest BCUT2D eigenvalue weighted by molar-refractivity contribution is 0.899. The zero-order valence-electron chi connectivity index (χ0n) is 13.2. The first kappa shape index (κ1) is 14.3. The molecule has 1 heterocycles. The Kier molecular flexibility index (Phi) is 3.92. The average molecular weight is 292 g/mol. The number of hydrogen-bond donors (Lipinski definition) is 0. The molecule has 0 saturated heterocycles. The summed E-state index contributed by atoms with van der Waals surface area (Å²) in [6.45, 7) is 0.808. The maximum absolute atomic E-state index is 4.46. The molecule has 0 amide bonds. The molecular weight excluding hydrogens is 272 g/mol. The van der Waals surface area contributed by atoms with Crippen LogP contribution in [0.25, 0.3) is 10.9 Å². The summed E-state index contributed by atoms with van der Waals surface area (Å²) < 4.78 is 0. The van der Waals surface area contributed by atoms with Gasteiger partial charge in [0.15, 0.2) is 0 Å². The topological polar surface area (TPSA) is 32.3 Å². The fourth-order valence-electron chi connectivity index (χ4n) is 2.58. The Labute approximate surface area is 131 Å². The molecule has 0 spiro atoms. The first-order valence-corrected chi connectivity index (χ1v) is 7.32. The quantitative estimate of drug-likeness (QED) is 0.738. The average Bonchev–Trinajstić information content (AvgIpc) is 2.54. The van der Waals surface area contributed by atoms with Crippen LogP contribution >= 0.6 is 0 Å². The molecule has 112 valence electrons. The first-order chi connectivity index (χ1) is 10.6. The normalized spacial score (nSPS) is 10.7. The summed E-state index contributed by atoms with van der Waals surface area (Å²) in [6.07, 6.45) is 1.63. The second kappa shape index (κ2) is 6.02. The highest BCUT2D eigenvalue weighted by atomic mass is 15.2. The minimum atomic E-state index is 0.808. The SMILES string of the molecule is CN(C)c1cccc(CN(C)c2ncnc3ccccc23)c1. The van der Waals surface area contributed by atoms with Crippen LogP contribution in [0.2, 0.25) is 0 Å². The third kappa shape index (κ3) is 2.86. The van der Waals surface area contributed by atoms with Crippen molar-refractivity contribution in [2.75, 3.05) is 30.9 Å². The van der Waals surface area contributed by atoms with E-state index in [-0.39, 0.29) is 0 Å². The van der Waals surface area contributed by atoms with Crippen LogP contribution in [0.3, 0.4) is 0 Å². The number of fused-ring (bicyclic) bond motifs is 1. The van der Waals surface area contributed by atoms with Crippen molar-refractivity contribution in [2.45, 2.75) is 6.54 Å². The molecule has 2 aromatic carbocycles. The van der Waals surface area contributed by atoms with Crippen LogP contribution in [-0.2, 0) is 6.54 Å². The van der Waals surface area contributed by atoms with Crippen LogP contribution in [0.15, 0.2) is 54.9 Å². The third-order valence-electron chi connectivity index (χ3n) is 3.73. The molecule has 0 unspecified atom stereocenters. The Hall–Kier alpha value is -2.62. The van der Waals surface area contributed by atoms with Crippen molar-refractivity contribution in [3.8, 4) is 0 Å². The Morgan fingerprint density at radius 1 is 0.909 bits per heavy atom. The molecule has 0 fully saturated rings. The van der Waals surface area contributed by atoms with E-state index in [1.54, 1.807) is 6.33 Å². The molecule has 0 saturated carbocycles. The number of aromatic nitrogens is 2. The highest BCUT2D eigenvalue weighted by Gasteiger charge is 2.09. The summed E-state index contributed by atoms with van der Waals surface area (Å²) in [5.41, 5.74) is 3.44. The number of para-hydroxylation sites is 1. The summed E-state index contributed by atoms with van der Waals surface area (Å²) >= 11 is 0. The molecule has 0 aliphatic heterocycles. The molecule has 3 aromatic rings. The Morgan fingerprint density at radius 3 is 2.55 bits per heavy atom. The predicted molar refractivity (Wildman–Crippen MR) is 92.4 cm³/mol. The smallest absolute Gasteiger partial charge is 0.139 e. The van der Waals surface area contributed by atoms with Gasteiger partial charge < -0.3 is 9.80 Å². The molecule has 4 nitrogen and oxygen atoms in total. The number of nitrogens with zero attached hydrogens (tertiary/aromatic N) is 4. The molecule has 0 atom stereocenters. The second-order valence-corrected chi connectivity index (χ2v) is 5.63. The van der Waals surface area contributed by atoms with E-state index in [2.05, 4.69) is 71.2 Å². The van der Waals surface area contributed by atoms with Gasteiger partial charge in [0, 0.05) is 38.8 Å². The number of benzene rings is 2. The fourth-order valence-corrected chi connectivity index (χ4v) is 2.58. The molecule has 3 rings (SSSR count). The summed E-state index contributed by atoms with van der Waals surface area (Å²) in [6, 6.07) is 16.7. The van der Waals surface area contributed by atoms with Gasteiger partial charge in [-0.15, -0.1) is 0 Å². The minimum Gasteiger partial charge on any atom is -0.378 e. The van der Waals surface area contributed by atoms with E-state index >= 15 is 0 Å². The van der Waals surface area contributed by atoms with Gasteiger partial charge in [-0.2, -0.15) is 0 Å². The first-order valence-electron chi connectivity index (χ1n) is 7.32. The molecule has 0 radical (unpaired) electrons. The van der Waals surface area contributed by atoms with Gasteiger partial charge in [-0.25, -0.2) is 9.97 Å². The maximum atomic E-state index is 4.46. The third-order valence-corrected chi connectivity index (χ3v) is 3.73. The van der Waals surface area contributed by atoms with Crippen LogP contribution in [0.4, 0.5) is 11.5 Å². The van der Waals surface area contributed by atoms with Gasteiger partial charge >= 0.3 is 0 Å². The lowest BCUT2D eigenvalue weighted by atomic mass is 10.1. The lowest BCUT2D eigenvalue weighted by Gasteiger charge is -2.21. The van der Waals surface area contributed by atoms with E-state index in [4.69, 9.17) is 0 Å². The monoisotopic (exact) mass is 292 g/mol. The molecule has 1 aromatic heterocycles. The summed E-state index contributed by atoms with van der Waals surface area (Å²) in [7, 11) is 6.18. The van der Waals surface area contributed by atoms with Crippen LogP contribution in [0.1, 0.15) is 5.56 Å². The van der Waals surface area contributed by atoms with Crippen LogP contribution in [-0.4, -0.2) is 31.1 Å². The zero-order chi connectivity index (χ0) is 15.5. The number of anilines is 2. The minimum absolute atomic E-state index is 0.808. The predicted octanol–water partition coefficient (Wildman–Crippen LogP) is 3.33. The highest BCUT2D eigenvalue weighted by Crippen LogP contribution is 2.23. The van der Waals surface area contributed by atoms with E-state index in [9.17, 15) is 0 Å². The zero-order valence-corrected chi connectivity index (χ0v) is 13.2. The number of rotatable bonds is 4. The van der Waals surface area contributed by atoms with Gasteiger partial charge in [-0.1, -0.05) is 24.3 Å². The lowest BCUT2D eigenvalue weighted by Crippen LogP contribution is -2.18. The summed E-state index contributed by atoms with van der Waals surface area (Å²) in [4.78, 5) is 13.1. The number of hydrogen-bond acceptors (Lipinski definition) is 4. The molecule has 0 aliphatic rings. The molecule has 0 N–H and O–H groups in total. The van der Waals surface area contributed by atoms with Gasteiger partial charge in [-0.05, 0) is 29.8 Å². The van der Waals surface area contributed by atoms with Crippen molar-refractivity contribution in [2.24, 2.45) is 0 Å². The second-order valence-electron chi connectivity index (χ2n) is 5.63. The maximum Gasteiger partial charge on any atom is 0.139 e. The largest absolute Gasteiger partial charge is 0.378 e. The van der Waals surface area contributed by atoms with Gasteiger partial charge in [-0.3, -0.25) is 0 Å². The molecule has 0 aliphatic carbocycles. The van der Waals surface area contributed by atoms with Gasteiger partial charge in [0.25, 0.3) is 0 Å². The van der Waals surface area contributed by atoms with E-state index in [1.165, 1.54) is 11.3 Å². The Bertz CT molecular complexity index is 777. The van der Waals surface area contributed by atoms with E-state index < -0.39 is 0 Å². The van der Waals surface area contributed by atoms with Crippen LogP contribution < -0.4 is 9.80 Å². The van der Waals surface area contributed by atoms with Crippen LogP contribution in [0.5, 0.6) is 0 Å². The summed E-state index contributed by atoms with van der Waals surface area (Å²) in [5.74, 6) is 0.959. The van der Waals surface area contributed by atoms with Crippen LogP contribution in [0, 0.1) is 0 Å². The van der Waals surface area contributed by atoms with Crippen molar-refractivity contribution in [1.82, 2.24) is 9.97 Å². The van der Waals surface area contributed by atoms with E-state index in [0.717, 1.165) is 23.3 Å². The van der Waals surface area contributed by atoms with Crippen molar-refractivity contribution in [3.05, 3.63) is 60.4 Å². The van der Waals surface area contributed by atoms with Crippen molar-refractivity contribution in [3.63, 3.8) is 0 Å². The molecule has 22 heavy (non-hydrogen) atoms. The van der Waals surface area contributed by atoms with E-state index in [1.807, 2.05) is 18.2 Å². The van der Waals surface area contributed by atoms with Gasteiger partial charge in [0.05, 0.1) is 5.52 Å². The molecule has 0 bridgehead atoms. The highest BCUT2D eigenvalue weighted by molar-refractivity contribution is 5.89. The van der Waals surface area contributed by atoms with E-state index in [0.29, 0.717) is 0 Å². The molecular formula is C18H20N4. The Morgan fingerprint density at radius 2 is 1.73 bits per heavy atom. The Balaban J connectivity index is 1.90. The standard InChI is InChI=1S/C18H20N4/c1-21(2)15-8-6-7-14(11-15)12-22(3)18-16-9-4-5-10-17(16)19-13-20-18/h4-11,13H,12H2,1-3H3. The van der Waals surface area contributed by atoms with Gasteiger partial charge in [0.2, 0.25) is 0 Å². The van der Waals surface area contributed by atoms with Crippen molar-refractivity contribution in [1.29, 1.82) is 0 Å². The van der Waals surface area contributed by atoms with Crippen molar-refractivity contribution >= 4 is 22.4 Å². The fraction of sp³-hybridized carbons (Fsp3) is 0.222. The van der Waals surface area contributed by atoms with Gasteiger partial charge in [0.1, 0.15) is 12.1 Å². The molecule has 4 heteroatoms.